The molecule has 0 spiro atoms. The van der Waals surface area contributed by atoms with Crippen molar-refractivity contribution in [2.45, 2.75) is 19.3 Å². The highest BCUT2D eigenvalue weighted by atomic mass is 32.1. The standard InChI is InChI=1S/C49H34N2S/c1-49(2)41-24-13-23-39(47(41)40-27-32-16-6-7-17-33(32)28-42(40)49)37-21-9-10-22-38(37)44-30-43(50-48(51-44)31-14-4-3-5-15-31)34-19-12-20-35(26-34)46-29-36-18-8-11-25-45(36)52-46/h3-30H,1-2H3. The molecule has 52 heavy (non-hydrogen) atoms. The van der Waals surface area contributed by atoms with Gasteiger partial charge in [0.15, 0.2) is 5.82 Å². The summed E-state index contributed by atoms with van der Waals surface area (Å²) in [6.07, 6.45) is 0. The summed E-state index contributed by atoms with van der Waals surface area (Å²) in [5.41, 5.74) is 13.8. The van der Waals surface area contributed by atoms with Crippen molar-refractivity contribution >= 4 is 32.2 Å². The van der Waals surface area contributed by atoms with Crippen LogP contribution in [0.15, 0.2) is 170 Å². The van der Waals surface area contributed by atoms with Gasteiger partial charge in [-0.15, -0.1) is 11.3 Å². The maximum atomic E-state index is 5.29. The first-order valence-electron chi connectivity index (χ1n) is 17.8. The fourth-order valence-electron chi connectivity index (χ4n) is 8.04. The predicted molar refractivity (Wildman–Crippen MR) is 220 cm³/mol. The minimum absolute atomic E-state index is 0.123. The minimum Gasteiger partial charge on any atom is -0.228 e. The quantitative estimate of drug-likeness (QED) is 0.181. The molecule has 7 aromatic carbocycles. The molecule has 0 unspecified atom stereocenters. The molecule has 0 saturated carbocycles. The van der Waals surface area contributed by atoms with Crippen molar-refractivity contribution in [3.8, 4) is 66.6 Å². The summed E-state index contributed by atoms with van der Waals surface area (Å²) in [6, 6.07) is 61.2. The van der Waals surface area contributed by atoms with Crippen molar-refractivity contribution in [2.24, 2.45) is 0 Å². The van der Waals surface area contributed by atoms with Crippen LogP contribution < -0.4 is 0 Å². The van der Waals surface area contributed by atoms with Crippen LogP contribution in [0.4, 0.5) is 0 Å². The third kappa shape index (κ3) is 5.00. The molecule has 0 atom stereocenters. The fourth-order valence-corrected chi connectivity index (χ4v) is 9.10. The van der Waals surface area contributed by atoms with Crippen LogP contribution in [-0.4, -0.2) is 9.97 Å². The number of hydrogen-bond donors (Lipinski definition) is 0. The van der Waals surface area contributed by atoms with Gasteiger partial charge >= 0.3 is 0 Å². The Morgan fingerprint density at radius 3 is 1.88 bits per heavy atom. The Labute approximate surface area is 307 Å². The van der Waals surface area contributed by atoms with E-state index in [1.165, 1.54) is 64.7 Å². The second-order valence-corrected chi connectivity index (χ2v) is 15.3. The molecule has 0 fully saturated rings. The van der Waals surface area contributed by atoms with E-state index in [1.54, 1.807) is 0 Å². The van der Waals surface area contributed by atoms with E-state index in [4.69, 9.17) is 9.97 Å². The Kier molecular flexibility index (Phi) is 7.06. The zero-order valence-corrected chi connectivity index (χ0v) is 29.8. The Bertz CT molecular complexity index is 2790. The van der Waals surface area contributed by atoms with Gasteiger partial charge in [0.25, 0.3) is 0 Å². The maximum absolute atomic E-state index is 5.29. The van der Waals surface area contributed by atoms with Crippen LogP contribution in [0, 0.1) is 0 Å². The smallest absolute Gasteiger partial charge is 0.160 e. The Balaban J connectivity index is 1.16. The van der Waals surface area contributed by atoms with Crippen molar-refractivity contribution in [2.75, 3.05) is 0 Å². The van der Waals surface area contributed by atoms with E-state index in [-0.39, 0.29) is 5.41 Å². The SMILES string of the molecule is CC1(C)c2cc3ccccc3cc2-c2c(-c3ccccc3-c3cc(-c4cccc(-c5cc6ccccc6s5)c4)nc(-c4ccccc4)n3)cccc21. The molecule has 2 heterocycles. The van der Waals surface area contributed by atoms with E-state index in [0.29, 0.717) is 5.82 Å². The number of benzene rings is 7. The zero-order chi connectivity index (χ0) is 34.8. The Hall–Kier alpha value is -6.16. The predicted octanol–water partition coefficient (Wildman–Crippen LogP) is 13.5. The van der Waals surface area contributed by atoms with Crippen LogP contribution in [0.3, 0.4) is 0 Å². The molecule has 0 radical (unpaired) electrons. The summed E-state index contributed by atoms with van der Waals surface area (Å²) in [5, 5.41) is 3.81. The maximum Gasteiger partial charge on any atom is 0.160 e. The van der Waals surface area contributed by atoms with Gasteiger partial charge in [0, 0.05) is 31.7 Å². The number of hydrogen-bond acceptors (Lipinski definition) is 3. The topological polar surface area (TPSA) is 25.8 Å². The highest BCUT2D eigenvalue weighted by Crippen LogP contribution is 2.54. The lowest BCUT2D eigenvalue weighted by molar-refractivity contribution is 0.661. The lowest BCUT2D eigenvalue weighted by Gasteiger charge is -2.22. The zero-order valence-electron chi connectivity index (χ0n) is 29.0. The molecule has 0 N–H and O–H groups in total. The molecule has 246 valence electrons. The van der Waals surface area contributed by atoms with Gasteiger partial charge in [-0.2, -0.15) is 0 Å². The van der Waals surface area contributed by atoms with E-state index >= 15 is 0 Å². The first kappa shape index (κ1) is 30.6. The highest BCUT2D eigenvalue weighted by Gasteiger charge is 2.37. The molecule has 0 bridgehead atoms. The van der Waals surface area contributed by atoms with E-state index < -0.39 is 0 Å². The molecule has 10 rings (SSSR count). The number of thiophene rings is 1. The summed E-state index contributed by atoms with van der Waals surface area (Å²) >= 11 is 1.83. The van der Waals surface area contributed by atoms with E-state index in [2.05, 4.69) is 178 Å². The van der Waals surface area contributed by atoms with E-state index in [1.807, 2.05) is 17.4 Å². The van der Waals surface area contributed by atoms with Crippen LogP contribution in [0.5, 0.6) is 0 Å². The van der Waals surface area contributed by atoms with Crippen molar-refractivity contribution < 1.29 is 0 Å². The molecule has 2 nitrogen and oxygen atoms in total. The fraction of sp³-hybridized carbons (Fsp3) is 0.0612. The lowest BCUT2D eigenvalue weighted by atomic mass is 9.81. The third-order valence-corrected chi connectivity index (χ3v) is 11.9. The summed E-state index contributed by atoms with van der Waals surface area (Å²) in [4.78, 5) is 11.8. The molecule has 0 amide bonds. The lowest BCUT2D eigenvalue weighted by Crippen LogP contribution is -2.14. The van der Waals surface area contributed by atoms with Gasteiger partial charge in [0.1, 0.15) is 0 Å². The summed E-state index contributed by atoms with van der Waals surface area (Å²) in [5.74, 6) is 0.714. The highest BCUT2D eigenvalue weighted by molar-refractivity contribution is 7.22. The van der Waals surface area contributed by atoms with Crippen LogP contribution in [0.25, 0.3) is 87.5 Å². The summed E-state index contributed by atoms with van der Waals surface area (Å²) in [6.45, 7) is 4.72. The number of aromatic nitrogens is 2. The molecule has 0 saturated heterocycles. The van der Waals surface area contributed by atoms with E-state index in [0.717, 1.165) is 28.1 Å². The van der Waals surface area contributed by atoms with Gasteiger partial charge in [-0.25, -0.2) is 9.97 Å². The van der Waals surface area contributed by atoms with Crippen LogP contribution in [0.1, 0.15) is 25.0 Å². The third-order valence-electron chi connectivity index (χ3n) is 10.7. The summed E-state index contributed by atoms with van der Waals surface area (Å²) in [7, 11) is 0. The van der Waals surface area contributed by atoms with Gasteiger partial charge in [-0.3, -0.25) is 0 Å². The van der Waals surface area contributed by atoms with E-state index in [9.17, 15) is 0 Å². The average molecular weight is 683 g/mol. The van der Waals surface area contributed by atoms with Gasteiger partial charge in [0.05, 0.1) is 11.4 Å². The molecule has 1 aliphatic rings. The van der Waals surface area contributed by atoms with Crippen LogP contribution in [-0.2, 0) is 5.41 Å². The molecule has 1 aliphatic carbocycles. The number of nitrogens with zero attached hydrogens (tertiary/aromatic N) is 2. The molecular weight excluding hydrogens is 649 g/mol. The average Bonchev–Trinajstić information content (AvgIpc) is 3.74. The van der Waals surface area contributed by atoms with Crippen molar-refractivity contribution in [1.82, 2.24) is 9.97 Å². The largest absolute Gasteiger partial charge is 0.228 e. The second-order valence-electron chi connectivity index (χ2n) is 14.2. The van der Waals surface area contributed by atoms with Crippen molar-refractivity contribution in [1.29, 1.82) is 0 Å². The monoisotopic (exact) mass is 682 g/mol. The molecule has 9 aromatic rings. The second kappa shape index (κ2) is 12.0. The first-order chi connectivity index (χ1) is 25.5. The molecule has 0 aliphatic heterocycles. The molecular formula is C49H34N2S. The Morgan fingerprint density at radius 2 is 1.06 bits per heavy atom. The van der Waals surface area contributed by atoms with Gasteiger partial charge in [0.2, 0.25) is 0 Å². The normalized spacial score (nSPS) is 13.0. The molecule has 2 aromatic heterocycles. The Morgan fingerprint density at radius 1 is 0.423 bits per heavy atom. The first-order valence-corrected chi connectivity index (χ1v) is 18.6. The van der Waals surface area contributed by atoms with Gasteiger partial charge in [-0.1, -0.05) is 147 Å². The van der Waals surface area contributed by atoms with Crippen LogP contribution >= 0.6 is 11.3 Å². The van der Waals surface area contributed by atoms with Gasteiger partial charge in [-0.05, 0) is 91.5 Å². The summed E-state index contributed by atoms with van der Waals surface area (Å²) < 4.78 is 1.29. The van der Waals surface area contributed by atoms with Gasteiger partial charge < -0.3 is 0 Å². The minimum atomic E-state index is -0.123. The van der Waals surface area contributed by atoms with Crippen molar-refractivity contribution in [3.05, 3.63) is 181 Å². The van der Waals surface area contributed by atoms with Crippen LogP contribution in [0.2, 0.25) is 0 Å². The molecule has 3 heteroatoms. The van der Waals surface area contributed by atoms with Crippen molar-refractivity contribution in [3.63, 3.8) is 0 Å². The number of rotatable bonds is 5. The number of fused-ring (bicyclic) bond motifs is 5.